The average Bonchev–Trinajstić information content (AvgIpc) is 2.38. The van der Waals surface area contributed by atoms with E-state index in [1.807, 2.05) is 13.0 Å². The first-order valence-electron chi connectivity index (χ1n) is 5.65. The number of nitrogens with zero attached hydrogens (tertiary/aromatic N) is 2. The van der Waals surface area contributed by atoms with Crippen LogP contribution in [0, 0.1) is 11.3 Å². The number of para-hydroxylation sites is 1. The van der Waals surface area contributed by atoms with Crippen LogP contribution in [0.5, 0.6) is 5.75 Å². The Labute approximate surface area is 105 Å². The quantitative estimate of drug-likeness (QED) is 0.843. The number of rotatable bonds is 2. The molecule has 0 fully saturated rings. The third kappa shape index (κ3) is 1.98. The van der Waals surface area contributed by atoms with Gasteiger partial charge in [0.2, 0.25) is 0 Å². The SMILES string of the molecule is CCc1cc(-c2ccccc2O)nc(N)c1C#N. The molecule has 1 aromatic carbocycles. The highest BCUT2D eigenvalue weighted by Gasteiger charge is 2.12. The van der Waals surface area contributed by atoms with Gasteiger partial charge >= 0.3 is 0 Å². The van der Waals surface area contributed by atoms with Gasteiger partial charge in [-0.1, -0.05) is 19.1 Å². The molecule has 0 saturated carbocycles. The van der Waals surface area contributed by atoms with E-state index in [2.05, 4.69) is 11.1 Å². The fourth-order valence-electron chi connectivity index (χ4n) is 1.86. The first kappa shape index (κ1) is 11.9. The standard InChI is InChI=1S/C14H13N3O/c1-2-9-7-12(17-14(16)11(9)8-15)10-5-3-4-6-13(10)18/h3-7,18H,2H2,1H3,(H2,16,17). The Morgan fingerprint density at radius 1 is 1.39 bits per heavy atom. The highest BCUT2D eigenvalue weighted by molar-refractivity contribution is 5.70. The molecule has 0 saturated heterocycles. The van der Waals surface area contributed by atoms with E-state index < -0.39 is 0 Å². The molecule has 2 aromatic rings. The van der Waals surface area contributed by atoms with E-state index in [0.717, 1.165) is 5.56 Å². The zero-order valence-electron chi connectivity index (χ0n) is 10.0. The molecule has 18 heavy (non-hydrogen) atoms. The van der Waals surface area contributed by atoms with Crippen molar-refractivity contribution >= 4 is 5.82 Å². The van der Waals surface area contributed by atoms with Crippen molar-refractivity contribution in [2.45, 2.75) is 13.3 Å². The number of aryl methyl sites for hydroxylation is 1. The van der Waals surface area contributed by atoms with Gasteiger partial charge in [0.1, 0.15) is 17.6 Å². The number of aromatic nitrogens is 1. The average molecular weight is 239 g/mol. The number of benzene rings is 1. The highest BCUT2D eigenvalue weighted by Crippen LogP contribution is 2.30. The Hall–Kier alpha value is -2.54. The van der Waals surface area contributed by atoms with Gasteiger partial charge in [0.15, 0.2) is 0 Å². The molecular weight excluding hydrogens is 226 g/mol. The molecule has 1 heterocycles. The summed E-state index contributed by atoms with van der Waals surface area (Å²) in [6.45, 7) is 1.95. The molecule has 0 radical (unpaired) electrons. The third-order valence-electron chi connectivity index (χ3n) is 2.80. The molecule has 90 valence electrons. The van der Waals surface area contributed by atoms with Crippen LogP contribution in [0.1, 0.15) is 18.1 Å². The fourth-order valence-corrected chi connectivity index (χ4v) is 1.86. The smallest absolute Gasteiger partial charge is 0.142 e. The number of nitrogen functional groups attached to an aromatic ring is 1. The van der Waals surface area contributed by atoms with E-state index in [1.165, 1.54) is 0 Å². The van der Waals surface area contributed by atoms with Crippen LogP contribution in [0.15, 0.2) is 30.3 Å². The first-order valence-corrected chi connectivity index (χ1v) is 5.65. The highest BCUT2D eigenvalue weighted by atomic mass is 16.3. The largest absolute Gasteiger partial charge is 0.507 e. The van der Waals surface area contributed by atoms with Crippen LogP contribution in [0.4, 0.5) is 5.82 Å². The molecule has 4 heteroatoms. The molecule has 0 spiro atoms. The third-order valence-corrected chi connectivity index (χ3v) is 2.80. The minimum atomic E-state index is 0.149. The predicted octanol–water partition coefficient (Wildman–Crippen LogP) is 2.47. The summed E-state index contributed by atoms with van der Waals surface area (Å²) >= 11 is 0. The zero-order valence-corrected chi connectivity index (χ0v) is 10.0. The molecular formula is C14H13N3O. The lowest BCUT2D eigenvalue weighted by Gasteiger charge is -2.09. The summed E-state index contributed by atoms with van der Waals surface area (Å²) in [4.78, 5) is 4.18. The molecule has 3 N–H and O–H groups in total. The summed E-state index contributed by atoms with van der Waals surface area (Å²) < 4.78 is 0. The van der Waals surface area contributed by atoms with Gasteiger partial charge in [-0.3, -0.25) is 0 Å². The Morgan fingerprint density at radius 3 is 2.72 bits per heavy atom. The molecule has 0 atom stereocenters. The molecule has 0 aliphatic rings. The van der Waals surface area contributed by atoms with Crippen LogP contribution in [0.25, 0.3) is 11.3 Å². The second-order valence-electron chi connectivity index (χ2n) is 3.91. The Morgan fingerprint density at radius 2 is 2.11 bits per heavy atom. The summed E-state index contributed by atoms with van der Waals surface area (Å²) in [5, 5.41) is 18.8. The van der Waals surface area contributed by atoms with E-state index in [9.17, 15) is 5.11 Å². The van der Waals surface area contributed by atoms with Gasteiger partial charge in [0, 0.05) is 5.56 Å². The second kappa shape index (κ2) is 4.76. The summed E-state index contributed by atoms with van der Waals surface area (Å²) in [5.41, 5.74) is 8.23. The molecule has 0 unspecified atom stereocenters. The van der Waals surface area contributed by atoms with E-state index in [1.54, 1.807) is 24.3 Å². The van der Waals surface area contributed by atoms with Crippen LogP contribution >= 0.6 is 0 Å². The van der Waals surface area contributed by atoms with E-state index in [-0.39, 0.29) is 11.6 Å². The van der Waals surface area contributed by atoms with Crippen molar-refractivity contribution in [3.05, 3.63) is 41.5 Å². The Balaban J connectivity index is 2.65. The lowest BCUT2D eigenvalue weighted by molar-refractivity contribution is 0.477. The minimum Gasteiger partial charge on any atom is -0.507 e. The van der Waals surface area contributed by atoms with Crippen molar-refractivity contribution in [1.29, 1.82) is 5.26 Å². The number of nitriles is 1. The molecule has 2 rings (SSSR count). The Kier molecular flexibility index (Phi) is 3.16. The van der Waals surface area contributed by atoms with Gasteiger partial charge in [-0.25, -0.2) is 4.98 Å². The normalized spacial score (nSPS) is 10.0. The van der Waals surface area contributed by atoms with Crippen LogP contribution in [0.2, 0.25) is 0 Å². The van der Waals surface area contributed by atoms with Crippen LogP contribution in [0.3, 0.4) is 0 Å². The molecule has 0 aliphatic heterocycles. The predicted molar refractivity (Wildman–Crippen MR) is 69.8 cm³/mol. The van der Waals surface area contributed by atoms with Crippen molar-refractivity contribution < 1.29 is 5.11 Å². The second-order valence-corrected chi connectivity index (χ2v) is 3.91. The van der Waals surface area contributed by atoms with Crippen molar-refractivity contribution in [3.8, 4) is 23.1 Å². The van der Waals surface area contributed by atoms with Crippen LogP contribution in [-0.2, 0) is 6.42 Å². The topological polar surface area (TPSA) is 82.9 Å². The number of anilines is 1. The number of phenolic OH excluding ortho intramolecular Hbond substituents is 1. The summed E-state index contributed by atoms with van der Waals surface area (Å²) in [5.74, 6) is 0.353. The monoisotopic (exact) mass is 239 g/mol. The minimum absolute atomic E-state index is 0.149. The van der Waals surface area contributed by atoms with Gasteiger partial charge in [-0.15, -0.1) is 0 Å². The maximum Gasteiger partial charge on any atom is 0.142 e. The van der Waals surface area contributed by atoms with Gasteiger partial charge in [0.05, 0.1) is 11.3 Å². The van der Waals surface area contributed by atoms with E-state index >= 15 is 0 Å². The summed E-state index contributed by atoms with van der Waals surface area (Å²) in [6, 6.07) is 10.8. The summed E-state index contributed by atoms with van der Waals surface area (Å²) in [7, 11) is 0. The first-order chi connectivity index (χ1) is 8.67. The number of hydrogen-bond acceptors (Lipinski definition) is 4. The number of nitrogens with two attached hydrogens (primary N) is 1. The zero-order chi connectivity index (χ0) is 13.1. The number of hydrogen-bond donors (Lipinski definition) is 2. The van der Waals surface area contributed by atoms with Crippen molar-refractivity contribution in [1.82, 2.24) is 4.98 Å². The van der Waals surface area contributed by atoms with Crippen molar-refractivity contribution in [3.63, 3.8) is 0 Å². The maximum atomic E-state index is 9.80. The fraction of sp³-hybridized carbons (Fsp3) is 0.143. The van der Waals surface area contributed by atoms with Gasteiger partial charge in [-0.05, 0) is 30.2 Å². The molecule has 0 amide bonds. The number of pyridine rings is 1. The van der Waals surface area contributed by atoms with Crippen LogP contribution in [-0.4, -0.2) is 10.1 Å². The molecule has 0 aliphatic carbocycles. The van der Waals surface area contributed by atoms with Gasteiger partial charge in [0.25, 0.3) is 0 Å². The summed E-state index contributed by atoms with van der Waals surface area (Å²) in [6.07, 6.45) is 0.691. The number of phenols is 1. The molecule has 1 aromatic heterocycles. The lowest BCUT2D eigenvalue weighted by Crippen LogP contribution is -2.01. The molecule has 0 bridgehead atoms. The molecule has 4 nitrogen and oxygen atoms in total. The van der Waals surface area contributed by atoms with E-state index in [4.69, 9.17) is 11.0 Å². The lowest BCUT2D eigenvalue weighted by atomic mass is 10.0. The van der Waals surface area contributed by atoms with E-state index in [0.29, 0.717) is 23.2 Å². The van der Waals surface area contributed by atoms with Crippen molar-refractivity contribution in [2.75, 3.05) is 5.73 Å². The maximum absolute atomic E-state index is 9.80. The van der Waals surface area contributed by atoms with Gasteiger partial charge in [-0.2, -0.15) is 5.26 Å². The Bertz CT molecular complexity index is 629. The number of aromatic hydroxyl groups is 1. The van der Waals surface area contributed by atoms with Crippen molar-refractivity contribution in [2.24, 2.45) is 0 Å². The van der Waals surface area contributed by atoms with Gasteiger partial charge < -0.3 is 10.8 Å². The van der Waals surface area contributed by atoms with Crippen LogP contribution < -0.4 is 5.73 Å².